The van der Waals surface area contributed by atoms with Crippen molar-refractivity contribution >= 4 is 67.1 Å². The molecule has 16 nitrogen and oxygen atoms in total. The van der Waals surface area contributed by atoms with Crippen LogP contribution in [0.3, 0.4) is 0 Å². The number of terminal acetylenes is 1. The van der Waals surface area contributed by atoms with Gasteiger partial charge in [0, 0.05) is 34.9 Å². The van der Waals surface area contributed by atoms with Crippen LogP contribution in [0.1, 0.15) is 44.0 Å². The van der Waals surface area contributed by atoms with E-state index in [0.29, 0.717) is 37.8 Å². The molecule has 356 valence electrons. The first-order valence-electron chi connectivity index (χ1n) is 22.2. The van der Waals surface area contributed by atoms with Crippen molar-refractivity contribution in [2.24, 2.45) is 5.92 Å². The van der Waals surface area contributed by atoms with E-state index in [2.05, 4.69) is 90.3 Å². The summed E-state index contributed by atoms with van der Waals surface area (Å²) in [4.78, 5) is 70.4. The number of rotatable bonds is 10. The maximum atomic E-state index is 13.7. The topological polar surface area (TPSA) is 193 Å². The van der Waals surface area contributed by atoms with E-state index < -0.39 is 36.1 Å². The van der Waals surface area contributed by atoms with E-state index in [-0.39, 0.29) is 30.8 Å². The number of benzene rings is 3. The summed E-state index contributed by atoms with van der Waals surface area (Å²) in [5.74, 6) is -0.288. The second-order valence-corrected chi connectivity index (χ2v) is 18.4. The van der Waals surface area contributed by atoms with E-state index >= 15 is 0 Å². The van der Waals surface area contributed by atoms with E-state index in [0.717, 1.165) is 44.5 Å². The number of aromatic nitrogens is 4. The van der Waals surface area contributed by atoms with Gasteiger partial charge in [-0.05, 0) is 34.7 Å². The third-order valence-corrected chi connectivity index (χ3v) is 14.2. The number of H-pyrrole nitrogens is 2. The number of thiophene rings is 2. The minimum absolute atomic E-state index is 0.140. The number of nitrogens with zero attached hydrogens (tertiary/aromatic N) is 4. The Hall–Kier alpha value is -7.30. The van der Waals surface area contributed by atoms with Gasteiger partial charge in [0.1, 0.15) is 30.3 Å². The molecule has 3 aliphatic heterocycles. The van der Waals surface area contributed by atoms with Crippen LogP contribution in [0.15, 0.2) is 108 Å². The molecule has 2 saturated heterocycles. The monoisotopic (exact) mass is 968 g/mol. The summed E-state index contributed by atoms with van der Waals surface area (Å²) in [5, 5.41) is 9.55. The molecule has 7 aromatic rings. The highest BCUT2D eigenvalue weighted by Crippen LogP contribution is 2.45. The Morgan fingerprint density at radius 3 is 2.10 bits per heavy atom. The molecule has 4 aromatic heterocycles. The van der Waals surface area contributed by atoms with Gasteiger partial charge in [-0.25, -0.2) is 19.6 Å². The molecule has 4 amide bonds. The van der Waals surface area contributed by atoms with Crippen LogP contribution in [0, 0.1) is 18.8 Å². The maximum Gasteiger partial charge on any atom is 0.407 e. The largest absolute Gasteiger partial charge is 0.453 e. The van der Waals surface area contributed by atoms with Crippen molar-refractivity contribution in [2.45, 2.75) is 44.2 Å². The fourth-order valence-electron chi connectivity index (χ4n) is 8.66. The number of hydrogen-bond acceptors (Lipinski definition) is 12. The molecule has 4 N–H and O–H groups in total. The molecule has 3 unspecified atom stereocenters. The number of carbonyl (C=O) groups is 4. The first-order valence-corrected chi connectivity index (χ1v) is 24.0. The van der Waals surface area contributed by atoms with Crippen LogP contribution in [0.4, 0.5) is 9.59 Å². The van der Waals surface area contributed by atoms with Crippen molar-refractivity contribution in [3.05, 3.63) is 120 Å². The number of imidazole rings is 2. The summed E-state index contributed by atoms with van der Waals surface area (Å²) < 4.78 is 23.7. The fourth-order valence-corrected chi connectivity index (χ4v) is 11.1. The predicted octanol–water partition coefficient (Wildman–Crippen LogP) is 8.69. The fraction of sp³-hybridized carbons (Fsp3) is 0.294. The number of methoxy groups -OCH3 is 2. The van der Waals surface area contributed by atoms with Gasteiger partial charge in [0.15, 0.2) is 5.79 Å². The van der Waals surface area contributed by atoms with Gasteiger partial charge < -0.3 is 49.3 Å². The molecule has 18 heteroatoms. The summed E-state index contributed by atoms with van der Waals surface area (Å²) in [6.45, 7) is 5.07. The first kappa shape index (κ1) is 48.2. The van der Waals surface area contributed by atoms with Crippen molar-refractivity contribution in [3.63, 3.8) is 0 Å². The van der Waals surface area contributed by atoms with Crippen LogP contribution < -0.4 is 10.6 Å². The van der Waals surface area contributed by atoms with Gasteiger partial charge in [-0.15, -0.1) is 35.5 Å². The SMILES string of the molecule is C#C.COC(=O)NCC(=O)N1CC2(CC1c1ncc(-c3ccc(-c4csc5c(-c6ccc7nc(C8C=CCN8C(=O)C(NC(=O)OC)C(C)C)[nH]c7c6)csc45)cc3)[nH]1)OCCO2.c1ccccc1. The molecule has 7 heterocycles. The van der Waals surface area contributed by atoms with Gasteiger partial charge in [-0.2, -0.15) is 0 Å². The van der Waals surface area contributed by atoms with Crippen LogP contribution in [-0.4, -0.2) is 113 Å². The van der Waals surface area contributed by atoms with E-state index in [1.165, 1.54) is 23.6 Å². The molecular weight excluding hydrogens is 917 g/mol. The lowest BCUT2D eigenvalue weighted by atomic mass is 10.0. The molecule has 0 saturated carbocycles. The third-order valence-electron chi connectivity index (χ3n) is 12.1. The zero-order valence-corrected chi connectivity index (χ0v) is 40.1. The number of fused-ring (bicyclic) bond motifs is 2. The van der Waals surface area contributed by atoms with Crippen molar-refractivity contribution in [2.75, 3.05) is 47.1 Å². The first-order chi connectivity index (χ1) is 33.5. The number of likely N-dealkylation sites (tertiary alicyclic amines) is 1. The molecule has 69 heavy (non-hydrogen) atoms. The number of alkyl carbamates (subject to hydrolysis) is 2. The Bertz CT molecular complexity index is 2940. The van der Waals surface area contributed by atoms with Gasteiger partial charge in [0.05, 0.1) is 72.3 Å². The average molecular weight is 969 g/mol. The Kier molecular flexibility index (Phi) is 14.9. The standard InChI is InChI=1S/C43H44N8O8S2.C6H6.C2H2/c1-23(2)35(49-42(55)57-4)40(53)50-13-5-6-32(50)39-46-29-12-11-26(16-30(29)47-39)28-21-61-36-27(20-60-37(28)36)24-7-9-25(10-8-24)31-18-44-38(48-31)33-17-43(58-14-15-59-43)22-51(33)34(52)19-45-41(54)56-3;1-2-4-6-5-3-1;1-2/h5-12,16,18,20-21,23,32-33,35H,13-15,17,19,22H2,1-4H3,(H,44,48)(H,45,54)(H,46,47)(H,49,55);1-6H;1-2H. The molecule has 10 rings (SSSR count). The third kappa shape index (κ3) is 10.3. The van der Waals surface area contributed by atoms with Gasteiger partial charge in [-0.3, -0.25) is 9.59 Å². The minimum Gasteiger partial charge on any atom is -0.453 e. The Balaban J connectivity index is 0.000000738. The van der Waals surface area contributed by atoms with Crippen LogP contribution in [-0.2, 0) is 28.5 Å². The summed E-state index contributed by atoms with van der Waals surface area (Å²) >= 11 is 3.42. The second-order valence-electron chi connectivity index (χ2n) is 16.6. The second kappa shape index (κ2) is 21.3. The molecule has 3 atom stereocenters. The van der Waals surface area contributed by atoms with E-state index in [4.69, 9.17) is 19.2 Å². The lowest BCUT2D eigenvalue weighted by Crippen LogP contribution is -2.51. The molecule has 3 aliphatic rings. The molecule has 0 aliphatic carbocycles. The highest BCUT2D eigenvalue weighted by atomic mass is 32.1. The summed E-state index contributed by atoms with van der Waals surface area (Å²) in [5.41, 5.74) is 7.85. The number of aromatic amines is 2. The Morgan fingerprint density at radius 2 is 1.46 bits per heavy atom. The highest BCUT2D eigenvalue weighted by Gasteiger charge is 2.51. The zero-order valence-electron chi connectivity index (χ0n) is 38.5. The highest BCUT2D eigenvalue weighted by molar-refractivity contribution is 7.27. The van der Waals surface area contributed by atoms with Crippen molar-refractivity contribution in [1.82, 2.24) is 40.4 Å². The molecule has 1 spiro atoms. The Labute approximate surface area is 407 Å². The average Bonchev–Trinajstić information content (AvgIpc) is 4.25. The van der Waals surface area contributed by atoms with E-state index in [9.17, 15) is 19.2 Å². The van der Waals surface area contributed by atoms with E-state index in [1.54, 1.807) is 38.7 Å². The molecule has 0 bridgehead atoms. The van der Waals surface area contributed by atoms with Crippen LogP contribution in [0.2, 0.25) is 0 Å². The van der Waals surface area contributed by atoms with Crippen LogP contribution in [0.5, 0.6) is 0 Å². The van der Waals surface area contributed by atoms with Gasteiger partial charge in [0.2, 0.25) is 11.8 Å². The maximum absolute atomic E-state index is 13.7. The minimum atomic E-state index is -0.910. The molecular formula is C51H52N8O8S2. The van der Waals surface area contributed by atoms with Crippen molar-refractivity contribution < 1.29 is 38.1 Å². The van der Waals surface area contributed by atoms with Crippen molar-refractivity contribution in [1.29, 1.82) is 0 Å². The quantitative estimate of drug-likeness (QED) is 0.0761. The lowest BCUT2D eigenvalue weighted by molar-refractivity contribution is -0.152. The summed E-state index contributed by atoms with van der Waals surface area (Å²) in [6.07, 6.45) is 12.7. The predicted molar refractivity (Wildman–Crippen MR) is 266 cm³/mol. The number of carbonyl (C=O) groups excluding carboxylic acids is 4. The molecule has 0 radical (unpaired) electrons. The molecule has 2 fully saturated rings. The number of ether oxygens (including phenoxy) is 4. The van der Waals surface area contributed by atoms with E-state index in [1.807, 2.05) is 68.5 Å². The summed E-state index contributed by atoms with van der Waals surface area (Å²) in [6, 6.07) is 24.9. The number of hydrogen-bond donors (Lipinski definition) is 4. The van der Waals surface area contributed by atoms with Gasteiger partial charge in [0.25, 0.3) is 0 Å². The zero-order chi connectivity index (χ0) is 48.7. The Morgan fingerprint density at radius 1 is 0.841 bits per heavy atom. The smallest absolute Gasteiger partial charge is 0.407 e. The van der Waals surface area contributed by atoms with Crippen LogP contribution in [0.25, 0.3) is 53.9 Å². The van der Waals surface area contributed by atoms with Gasteiger partial charge in [-0.1, -0.05) is 92.7 Å². The molecule has 3 aromatic carbocycles. The van der Waals surface area contributed by atoms with Crippen molar-refractivity contribution in [3.8, 4) is 46.4 Å². The normalized spacial score (nSPS) is 17.3. The number of amides is 4. The number of nitrogens with one attached hydrogen (secondary N) is 4. The lowest BCUT2D eigenvalue weighted by Gasteiger charge is -2.29. The summed E-state index contributed by atoms with van der Waals surface area (Å²) in [7, 11) is 2.53. The van der Waals surface area contributed by atoms with Gasteiger partial charge >= 0.3 is 12.2 Å². The van der Waals surface area contributed by atoms with Crippen LogP contribution >= 0.6 is 22.7 Å².